The Morgan fingerprint density at radius 1 is 1.09 bits per heavy atom. The van der Waals surface area contributed by atoms with Crippen LogP contribution in [0.4, 0.5) is 14.5 Å². The first-order valence-electron chi connectivity index (χ1n) is 9.49. The van der Waals surface area contributed by atoms with Gasteiger partial charge in [-0.15, -0.1) is 0 Å². The summed E-state index contributed by atoms with van der Waals surface area (Å²) in [6.07, 6.45) is 1.52. The lowest BCUT2D eigenvalue weighted by molar-refractivity contribution is -0.113. The van der Waals surface area contributed by atoms with Gasteiger partial charge in [-0.05, 0) is 36.4 Å². The van der Waals surface area contributed by atoms with E-state index in [1.54, 1.807) is 54.6 Å². The number of hydrogen-bond donors (Lipinski definition) is 1. The van der Waals surface area contributed by atoms with Gasteiger partial charge in [-0.1, -0.05) is 47.8 Å². The molecule has 0 saturated carbocycles. The van der Waals surface area contributed by atoms with E-state index in [9.17, 15) is 18.4 Å². The number of nitrogens with one attached hydrogen (secondary N) is 1. The Kier molecular flexibility index (Phi) is 6.91. The summed E-state index contributed by atoms with van der Waals surface area (Å²) in [5.41, 5.74) is 0.589. The molecule has 1 N–H and O–H groups in total. The number of nitrogens with zero attached hydrogens (tertiary/aromatic N) is 2. The maximum absolute atomic E-state index is 13.1. The van der Waals surface area contributed by atoms with Crippen molar-refractivity contribution in [2.45, 2.75) is 22.4 Å². The van der Waals surface area contributed by atoms with Crippen molar-refractivity contribution in [3.63, 3.8) is 0 Å². The van der Waals surface area contributed by atoms with Gasteiger partial charge in [0.05, 0.1) is 35.2 Å². The van der Waals surface area contributed by atoms with Crippen LogP contribution in [0.15, 0.2) is 86.2 Å². The molecule has 0 spiro atoms. The second-order valence-electron chi connectivity index (χ2n) is 6.59. The van der Waals surface area contributed by atoms with E-state index in [2.05, 4.69) is 10.3 Å². The van der Waals surface area contributed by atoms with E-state index < -0.39 is 11.7 Å². The number of furan rings is 1. The zero-order valence-electron chi connectivity index (χ0n) is 16.5. The van der Waals surface area contributed by atoms with Crippen molar-refractivity contribution in [2.75, 3.05) is 11.1 Å². The maximum atomic E-state index is 13.1. The topological polar surface area (TPSA) is 77.1 Å². The highest BCUT2D eigenvalue weighted by molar-refractivity contribution is 8.00. The molecule has 0 fully saturated rings. The molecule has 32 heavy (non-hydrogen) atoms. The summed E-state index contributed by atoms with van der Waals surface area (Å²) in [6.45, 7) is 0.168. The maximum Gasteiger partial charge on any atom is 0.288 e. The molecule has 0 saturated heterocycles. The largest absolute Gasteiger partial charge is 0.467 e. The number of amides is 1. The number of thioether (sulfide) groups is 2. The SMILES string of the molecule is O=C(CSc1nc2ccccc2c(=O)n1Cc1ccco1)Nc1ccccc1SC(F)F. The molecule has 2 aromatic heterocycles. The van der Waals surface area contributed by atoms with Gasteiger partial charge in [-0.25, -0.2) is 4.98 Å². The Labute approximate surface area is 190 Å². The Morgan fingerprint density at radius 2 is 1.88 bits per heavy atom. The number of fused-ring (bicyclic) bond motifs is 1. The monoisotopic (exact) mass is 473 g/mol. The molecule has 4 aromatic rings. The number of rotatable bonds is 8. The standard InChI is InChI=1S/C22H17F2N3O3S2/c23-21(24)32-18-10-4-3-9-17(18)25-19(28)13-31-22-26-16-8-2-1-7-15(16)20(29)27(22)12-14-6-5-11-30-14/h1-11,21H,12-13H2,(H,25,28). The number of para-hydroxylation sites is 2. The molecule has 6 nitrogen and oxygen atoms in total. The van der Waals surface area contributed by atoms with E-state index in [0.717, 1.165) is 11.8 Å². The summed E-state index contributed by atoms with van der Waals surface area (Å²) >= 11 is 1.45. The van der Waals surface area contributed by atoms with Crippen molar-refractivity contribution >= 4 is 46.0 Å². The van der Waals surface area contributed by atoms with Gasteiger partial charge >= 0.3 is 0 Å². The molecular weight excluding hydrogens is 456 g/mol. The van der Waals surface area contributed by atoms with Crippen LogP contribution < -0.4 is 10.9 Å². The number of carbonyl (C=O) groups is 1. The van der Waals surface area contributed by atoms with Crippen molar-refractivity contribution in [3.05, 3.63) is 83.0 Å². The summed E-state index contributed by atoms with van der Waals surface area (Å²) in [5, 5.41) is 3.48. The number of benzene rings is 2. The molecule has 164 valence electrons. The van der Waals surface area contributed by atoms with Crippen LogP contribution in [0.5, 0.6) is 0 Å². The predicted octanol–water partition coefficient (Wildman–Crippen LogP) is 5.08. The average Bonchev–Trinajstić information content (AvgIpc) is 3.29. The van der Waals surface area contributed by atoms with Gasteiger partial charge in [-0.3, -0.25) is 14.2 Å². The number of anilines is 1. The van der Waals surface area contributed by atoms with Gasteiger partial charge in [0, 0.05) is 4.90 Å². The highest BCUT2D eigenvalue weighted by atomic mass is 32.2. The van der Waals surface area contributed by atoms with Gasteiger partial charge in [0.2, 0.25) is 5.91 Å². The lowest BCUT2D eigenvalue weighted by Crippen LogP contribution is -2.24. The molecule has 4 rings (SSSR count). The summed E-state index contributed by atoms with van der Waals surface area (Å²) < 4.78 is 32.4. The van der Waals surface area contributed by atoms with Gasteiger partial charge in [0.25, 0.3) is 11.3 Å². The number of halogens is 2. The molecule has 2 heterocycles. The third kappa shape index (κ3) is 5.20. The Hall–Kier alpha value is -3.11. The molecule has 1 amide bonds. The van der Waals surface area contributed by atoms with Gasteiger partial charge < -0.3 is 9.73 Å². The Bertz CT molecular complexity index is 1290. The number of hydrogen-bond acceptors (Lipinski definition) is 6. The van der Waals surface area contributed by atoms with E-state index in [4.69, 9.17) is 4.42 Å². The van der Waals surface area contributed by atoms with Gasteiger partial charge in [0.15, 0.2) is 5.16 Å². The molecule has 0 atom stereocenters. The third-order valence-corrected chi connectivity index (χ3v) is 6.19. The zero-order valence-corrected chi connectivity index (χ0v) is 18.2. The fraction of sp³-hybridized carbons (Fsp3) is 0.136. The normalized spacial score (nSPS) is 11.2. The molecule has 0 radical (unpaired) electrons. The fourth-order valence-electron chi connectivity index (χ4n) is 3.04. The predicted molar refractivity (Wildman–Crippen MR) is 121 cm³/mol. The highest BCUT2D eigenvalue weighted by Crippen LogP contribution is 2.31. The van der Waals surface area contributed by atoms with Crippen LogP contribution in [-0.4, -0.2) is 27.0 Å². The number of carbonyl (C=O) groups excluding carboxylic acids is 1. The first-order valence-corrected chi connectivity index (χ1v) is 11.4. The molecule has 0 aliphatic heterocycles. The van der Waals surface area contributed by atoms with E-state index in [1.165, 1.54) is 16.9 Å². The van der Waals surface area contributed by atoms with Gasteiger partial charge in [-0.2, -0.15) is 8.78 Å². The minimum atomic E-state index is -2.60. The zero-order chi connectivity index (χ0) is 22.5. The van der Waals surface area contributed by atoms with Crippen molar-refractivity contribution in [1.82, 2.24) is 9.55 Å². The van der Waals surface area contributed by atoms with E-state index >= 15 is 0 Å². The van der Waals surface area contributed by atoms with Crippen molar-refractivity contribution in [1.29, 1.82) is 0 Å². The molecule has 2 aromatic carbocycles. The summed E-state index contributed by atoms with van der Waals surface area (Å²) in [4.78, 5) is 30.4. The van der Waals surface area contributed by atoms with Crippen molar-refractivity contribution < 1.29 is 18.0 Å². The fourth-order valence-corrected chi connectivity index (χ4v) is 4.43. The quantitative estimate of drug-likeness (QED) is 0.284. The van der Waals surface area contributed by atoms with Crippen LogP contribution >= 0.6 is 23.5 Å². The second-order valence-corrected chi connectivity index (χ2v) is 8.57. The van der Waals surface area contributed by atoms with Crippen LogP contribution in [0, 0.1) is 0 Å². The highest BCUT2D eigenvalue weighted by Gasteiger charge is 2.16. The third-order valence-electron chi connectivity index (χ3n) is 4.43. The molecule has 0 unspecified atom stereocenters. The smallest absolute Gasteiger partial charge is 0.288 e. The first-order chi connectivity index (χ1) is 15.5. The molecule has 10 heteroatoms. The number of aromatic nitrogens is 2. The van der Waals surface area contributed by atoms with Crippen molar-refractivity contribution in [3.8, 4) is 0 Å². The van der Waals surface area contributed by atoms with Gasteiger partial charge in [0.1, 0.15) is 5.76 Å². The lowest BCUT2D eigenvalue weighted by atomic mass is 10.2. The second kappa shape index (κ2) is 10.0. The van der Waals surface area contributed by atoms with Crippen molar-refractivity contribution in [2.24, 2.45) is 0 Å². The van der Waals surface area contributed by atoms with Crippen LogP contribution in [0.1, 0.15) is 5.76 Å². The average molecular weight is 474 g/mol. The minimum absolute atomic E-state index is 0.0589. The van der Waals surface area contributed by atoms with Crippen LogP contribution in [0.3, 0.4) is 0 Å². The molecule has 0 aliphatic carbocycles. The Balaban J connectivity index is 1.56. The summed E-state index contributed by atoms with van der Waals surface area (Å²) in [6, 6.07) is 16.8. The first kappa shape index (κ1) is 22.1. The number of alkyl halides is 2. The summed E-state index contributed by atoms with van der Waals surface area (Å²) in [5.74, 6) is -2.48. The Morgan fingerprint density at radius 3 is 2.66 bits per heavy atom. The molecular formula is C22H17F2N3O3S2. The van der Waals surface area contributed by atoms with Crippen LogP contribution in [0.25, 0.3) is 10.9 Å². The lowest BCUT2D eigenvalue weighted by Gasteiger charge is -2.13. The molecule has 0 aliphatic rings. The van der Waals surface area contributed by atoms with E-state index in [0.29, 0.717) is 39.3 Å². The summed E-state index contributed by atoms with van der Waals surface area (Å²) in [7, 11) is 0. The van der Waals surface area contributed by atoms with E-state index in [-0.39, 0.29) is 22.8 Å². The molecule has 0 bridgehead atoms. The van der Waals surface area contributed by atoms with E-state index in [1.807, 2.05) is 0 Å². The van der Waals surface area contributed by atoms with Crippen LogP contribution in [-0.2, 0) is 11.3 Å². The van der Waals surface area contributed by atoms with Crippen LogP contribution in [0.2, 0.25) is 0 Å². The minimum Gasteiger partial charge on any atom is -0.467 e.